The number of fused-ring (bicyclic) bond motifs is 1. The maximum atomic E-state index is 12.7. The van der Waals surface area contributed by atoms with Crippen molar-refractivity contribution in [3.05, 3.63) is 12.5 Å². The molecule has 3 heterocycles. The van der Waals surface area contributed by atoms with Gasteiger partial charge < -0.3 is 4.90 Å². The number of aryl methyl sites for hydroxylation is 1. The molecule has 0 aromatic carbocycles. The van der Waals surface area contributed by atoms with Crippen molar-refractivity contribution in [3.63, 3.8) is 0 Å². The van der Waals surface area contributed by atoms with Crippen LogP contribution >= 0.6 is 0 Å². The van der Waals surface area contributed by atoms with Crippen LogP contribution in [0.3, 0.4) is 0 Å². The average Bonchev–Trinajstić information content (AvgIpc) is 2.93. The third kappa shape index (κ3) is 3.15. The van der Waals surface area contributed by atoms with Crippen LogP contribution in [0, 0.1) is 5.41 Å². The first kappa shape index (κ1) is 18.4. The monoisotopic (exact) mass is 401 g/mol. The predicted molar refractivity (Wildman–Crippen MR) is 94.5 cm³/mol. The van der Waals surface area contributed by atoms with Crippen LogP contribution in [-0.4, -0.2) is 64.6 Å². The van der Waals surface area contributed by atoms with Crippen molar-refractivity contribution in [2.24, 2.45) is 10.6 Å². The SMILES string of the molecule is CCn1ncc2c(N3CC4(CC(N(CC(F)F)S(N)(=O)=O)C4)C3)ncnc21. The van der Waals surface area contributed by atoms with E-state index in [1.165, 1.54) is 6.33 Å². The molecule has 0 unspecified atom stereocenters. The highest BCUT2D eigenvalue weighted by atomic mass is 32.2. The molecule has 1 saturated heterocycles. The molecular weight excluding hydrogens is 380 g/mol. The van der Waals surface area contributed by atoms with E-state index < -0.39 is 29.2 Å². The van der Waals surface area contributed by atoms with E-state index in [4.69, 9.17) is 5.14 Å². The van der Waals surface area contributed by atoms with E-state index in [-0.39, 0.29) is 5.41 Å². The van der Waals surface area contributed by atoms with Gasteiger partial charge >= 0.3 is 0 Å². The van der Waals surface area contributed by atoms with Crippen LogP contribution < -0.4 is 10.0 Å². The standard InChI is InChI=1S/C15H21F2N7O2S/c1-2-23-14-11(5-21-23)13(19-9-20-14)22-7-15(8-22)3-10(4-15)24(6-12(16)17)27(18,25)26/h5,9-10,12H,2-4,6-8H2,1H3,(H2,18,25,26). The van der Waals surface area contributed by atoms with Crippen LogP contribution in [0.2, 0.25) is 0 Å². The number of halogens is 2. The van der Waals surface area contributed by atoms with Gasteiger partial charge in [-0.15, -0.1) is 0 Å². The second-order valence-electron chi connectivity index (χ2n) is 7.32. The van der Waals surface area contributed by atoms with Crippen molar-refractivity contribution < 1.29 is 17.2 Å². The van der Waals surface area contributed by atoms with Gasteiger partial charge in [-0.1, -0.05) is 0 Å². The topological polar surface area (TPSA) is 110 Å². The van der Waals surface area contributed by atoms with Gasteiger partial charge in [0.25, 0.3) is 16.6 Å². The maximum absolute atomic E-state index is 12.7. The van der Waals surface area contributed by atoms with E-state index in [1.807, 2.05) is 6.92 Å². The summed E-state index contributed by atoms with van der Waals surface area (Å²) in [6, 6.07) is -0.468. The normalized spacial score (nSPS) is 19.9. The molecule has 2 fully saturated rings. The molecule has 9 nitrogen and oxygen atoms in total. The lowest BCUT2D eigenvalue weighted by Gasteiger charge is -2.60. The first-order valence-corrected chi connectivity index (χ1v) is 10.2. The first-order valence-electron chi connectivity index (χ1n) is 8.71. The number of nitrogens with two attached hydrogens (primary N) is 1. The van der Waals surface area contributed by atoms with Gasteiger partial charge in [0, 0.05) is 31.1 Å². The second-order valence-corrected chi connectivity index (χ2v) is 8.82. The van der Waals surface area contributed by atoms with Gasteiger partial charge in [0.2, 0.25) is 0 Å². The Morgan fingerprint density at radius 1 is 1.37 bits per heavy atom. The van der Waals surface area contributed by atoms with Crippen molar-refractivity contribution in [1.82, 2.24) is 24.1 Å². The minimum absolute atomic E-state index is 0.0756. The molecule has 2 N–H and O–H groups in total. The lowest BCUT2D eigenvalue weighted by atomic mass is 9.60. The summed E-state index contributed by atoms with van der Waals surface area (Å²) in [5.74, 6) is 0.796. The highest BCUT2D eigenvalue weighted by Gasteiger charge is 2.56. The largest absolute Gasteiger partial charge is 0.355 e. The molecule has 0 atom stereocenters. The lowest BCUT2D eigenvalue weighted by Crippen LogP contribution is -2.68. The van der Waals surface area contributed by atoms with E-state index in [0.29, 0.717) is 32.5 Å². The fourth-order valence-corrected chi connectivity index (χ4v) is 5.16. The van der Waals surface area contributed by atoms with E-state index in [2.05, 4.69) is 20.0 Å². The number of hydrogen-bond donors (Lipinski definition) is 1. The van der Waals surface area contributed by atoms with E-state index in [9.17, 15) is 17.2 Å². The molecule has 27 heavy (non-hydrogen) atoms. The molecule has 0 bridgehead atoms. The third-order valence-corrected chi connectivity index (χ3v) is 6.55. The predicted octanol–water partition coefficient (Wildman–Crippen LogP) is 0.586. The van der Waals surface area contributed by atoms with Gasteiger partial charge in [-0.05, 0) is 19.8 Å². The molecule has 2 aliphatic rings. The van der Waals surface area contributed by atoms with Gasteiger partial charge in [-0.25, -0.2) is 28.6 Å². The Morgan fingerprint density at radius 3 is 2.67 bits per heavy atom. The number of anilines is 1. The van der Waals surface area contributed by atoms with Crippen LogP contribution in [0.1, 0.15) is 19.8 Å². The van der Waals surface area contributed by atoms with Crippen LogP contribution in [-0.2, 0) is 16.8 Å². The second kappa shape index (κ2) is 6.31. The Labute approximate surface area is 155 Å². The Bertz CT molecular complexity index is 950. The van der Waals surface area contributed by atoms with Crippen molar-refractivity contribution in [3.8, 4) is 0 Å². The molecule has 4 rings (SSSR count). The summed E-state index contributed by atoms with van der Waals surface area (Å²) in [6.07, 6.45) is 1.55. The minimum atomic E-state index is -4.14. The Kier molecular flexibility index (Phi) is 4.31. The number of alkyl halides is 2. The lowest BCUT2D eigenvalue weighted by molar-refractivity contribution is -0.00435. The molecule has 2 aromatic rings. The summed E-state index contributed by atoms with van der Waals surface area (Å²) in [5.41, 5.74) is 0.695. The van der Waals surface area contributed by atoms with Gasteiger partial charge in [0.1, 0.15) is 12.1 Å². The molecule has 12 heteroatoms. The summed E-state index contributed by atoms with van der Waals surface area (Å²) in [6.45, 7) is 3.23. The van der Waals surface area contributed by atoms with Crippen molar-refractivity contribution >= 4 is 27.1 Å². The summed E-state index contributed by atoms with van der Waals surface area (Å²) in [5, 5.41) is 10.3. The molecule has 148 valence electrons. The smallest absolute Gasteiger partial charge is 0.277 e. The first-order chi connectivity index (χ1) is 12.7. The van der Waals surface area contributed by atoms with Crippen molar-refractivity contribution in [2.45, 2.75) is 38.8 Å². The highest BCUT2D eigenvalue weighted by Crippen LogP contribution is 2.52. The number of hydrogen-bond acceptors (Lipinski definition) is 6. The summed E-state index contributed by atoms with van der Waals surface area (Å²) in [4.78, 5) is 10.7. The van der Waals surface area contributed by atoms with Gasteiger partial charge in [0.15, 0.2) is 5.65 Å². The zero-order chi connectivity index (χ0) is 19.4. The zero-order valence-corrected chi connectivity index (χ0v) is 15.6. The summed E-state index contributed by atoms with van der Waals surface area (Å²) in [7, 11) is -4.14. The number of aromatic nitrogens is 4. The molecule has 1 saturated carbocycles. The van der Waals surface area contributed by atoms with Crippen LogP contribution in [0.25, 0.3) is 11.0 Å². The van der Waals surface area contributed by atoms with Crippen LogP contribution in [0.5, 0.6) is 0 Å². The maximum Gasteiger partial charge on any atom is 0.277 e. The molecule has 2 aromatic heterocycles. The fourth-order valence-electron chi connectivity index (χ4n) is 4.28. The minimum Gasteiger partial charge on any atom is -0.355 e. The zero-order valence-electron chi connectivity index (χ0n) is 14.8. The summed E-state index contributed by atoms with van der Waals surface area (Å²) >= 11 is 0. The Morgan fingerprint density at radius 2 is 2.07 bits per heavy atom. The molecular formula is C15H21F2N7O2S. The Balaban J connectivity index is 1.44. The third-order valence-electron chi connectivity index (χ3n) is 5.45. The number of rotatable bonds is 6. The van der Waals surface area contributed by atoms with Crippen molar-refractivity contribution in [1.29, 1.82) is 0 Å². The van der Waals surface area contributed by atoms with Crippen LogP contribution in [0.4, 0.5) is 14.6 Å². The van der Waals surface area contributed by atoms with Crippen LogP contribution in [0.15, 0.2) is 12.5 Å². The van der Waals surface area contributed by atoms with E-state index in [1.54, 1.807) is 10.9 Å². The highest BCUT2D eigenvalue weighted by molar-refractivity contribution is 7.86. The van der Waals surface area contributed by atoms with Gasteiger partial charge in [0.05, 0.1) is 18.1 Å². The average molecular weight is 401 g/mol. The molecule has 0 radical (unpaired) electrons. The summed E-state index contributed by atoms with van der Waals surface area (Å²) < 4.78 is 51.2. The van der Waals surface area contributed by atoms with E-state index >= 15 is 0 Å². The quantitative estimate of drug-likeness (QED) is 0.758. The van der Waals surface area contributed by atoms with Gasteiger partial charge in [-0.2, -0.15) is 17.8 Å². The Hall–Kier alpha value is -1.92. The number of nitrogens with zero attached hydrogens (tertiary/aromatic N) is 6. The molecule has 1 aliphatic carbocycles. The van der Waals surface area contributed by atoms with Gasteiger partial charge in [-0.3, -0.25) is 0 Å². The molecule has 0 amide bonds. The molecule has 1 aliphatic heterocycles. The van der Waals surface area contributed by atoms with Crippen molar-refractivity contribution in [2.75, 3.05) is 24.5 Å². The van der Waals surface area contributed by atoms with E-state index in [0.717, 1.165) is 21.2 Å². The molecule has 1 spiro atoms. The fraction of sp³-hybridized carbons (Fsp3) is 0.667.